The van der Waals surface area contributed by atoms with Gasteiger partial charge in [-0.1, -0.05) is 0 Å². The molecule has 1 aromatic heterocycles. The van der Waals surface area contributed by atoms with E-state index in [2.05, 4.69) is 31.2 Å². The number of carbonyl (C=O) groups is 1. The van der Waals surface area contributed by atoms with Crippen LogP contribution in [0.3, 0.4) is 0 Å². The fourth-order valence-corrected chi connectivity index (χ4v) is 1.52. The molecule has 0 fully saturated rings. The molecular weight excluding hydrogens is 256 g/mol. The number of nitrogens with zero attached hydrogens (tertiary/aromatic N) is 2. The summed E-state index contributed by atoms with van der Waals surface area (Å²) in [6.45, 7) is 12.0. The summed E-state index contributed by atoms with van der Waals surface area (Å²) in [7, 11) is 0. The highest BCUT2D eigenvalue weighted by molar-refractivity contribution is 5.67. The van der Waals surface area contributed by atoms with Gasteiger partial charge < -0.3 is 15.8 Å². The SMILES string of the molecule is CC(C)(C)OC(=O)NCC(N)c1cnn(C(C)(C)C)c1. The van der Waals surface area contributed by atoms with Crippen LogP contribution in [0.25, 0.3) is 0 Å². The van der Waals surface area contributed by atoms with Crippen LogP contribution in [0.2, 0.25) is 0 Å². The summed E-state index contributed by atoms with van der Waals surface area (Å²) >= 11 is 0. The molecule has 0 saturated heterocycles. The Labute approximate surface area is 120 Å². The van der Waals surface area contributed by atoms with E-state index in [1.165, 1.54) is 0 Å². The number of aromatic nitrogens is 2. The topological polar surface area (TPSA) is 82.2 Å². The van der Waals surface area contributed by atoms with Gasteiger partial charge in [-0.05, 0) is 41.5 Å². The van der Waals surface area contributed by atoms with Crippen molar-refractivity contribution in [3.05, 3.63) is 18.0 Å². The van der Waals surface area contributed by atoms with Gasteiger partial charge in [0.25, 0.3) is 0 Å². The normalized spacial score (nSPS) is 13.9. The number of ether oxygens (including phenoxy) is 1. The van der Waals surface area contributed by atoms with E-state index in [0.717, 1.165) is 5.56 Å². The molecule has 6 heteroatoms. The second-order valence-corrected chi connectivity index (χ2v) is 6.88. The summed E-state index contributed by atoms with van der Waals surface area (Å²) < 4.78 is 7.01. The number of alkyl carbamates (subject to hydrolysis) is 1. The maximum Gasteiger partial charge on any atom is 0.407 e. The lowest BCUT2D eigenvalue weighted by Crippen LogP contribution is -2.36. The van der Waals surface area contributed by atoms with E-state index in [1.54, 1.807) is 6.20 Å². The van der Waals surface area contributed by atoms with Crippen molar-refractivity contribution in [3.63, 3.8) is 0 Å². The lowest BCUT2D eigenvalue weighted by atomic mass is 10.1. The highest BCUT2D eigenvalue weighted by atomic mass is 16.6. The van der Waals surface area contributed by atoms with E-state index in [0.29, 0.717) is 6.54 Å². The third-order valence-electron chi connectivity index (χ3n) is 2.58. The molecule has 114 valence electrons. The number of hydrogen-bond acceptors (Lipinski definition) is 4. The van der Waals surface area contributed by atoms with Crippen LogP contribution in [-0.2, 0) is 10.3 Å². The van der Waals surface area contributed by atoms with Crippen molar-refractivity contribution in [3.8, 4) is 0 Å². The number of hydrogen-bond donors (Lipinski definition) is 2. The van der Waals surface area contributed by atoms with Gasteiger partial charge in [0.2, 0.25) is 0 Å². The Balaban J connectivity index is 2.53. The van der Waals surface area contributed by atoms with E-state index in [4.69, 9.17) is 10.5 Å². The summed E-state index contributed by atoms with van der Waals surface area (Å²) in [4.78, 5) is 11.5. The zero-order valence-corrected chi connectivity index (χ0v) is 13.2. The third kappa shape index (κ3) is 5.21. The smallest absolute Gasteiger partial charge is 0.407 e. The van der Waals surface area contributed by atoms with Crippen molar-refractivity contribution in [2.75, 3.05) is 6.54 Å². The molecule has 1 amide bonds. The summed E-state index contributed by atoms with van der Waals surface area (Å²) in [6, 6.07) is -0.307. The number of rotatable bonds is 3. The third-order valence-corrected chi connectivity index (χ3v) is 2.58. The molecule has 0 spiro atoms. The van der Waals surface area contributed by atoms with E-state index >= 15 is 0 Å². The standard InChI is InChI=1S/C14H26N4O2/c1-13(2,3)18-9-10(7-17-18)11(15)8-16-12(19)20-14(4,5)6/h7,9,11H,8,15H2,1-6H3,(H,16,19). The monoisotopic (exact) mass is 282 g/mol. The highest BCUT2D eigenvalue weighted by Crippen LogP contribution is 2.16. The van der Waals surface area contributed by atoms with Crippen LogP contribution in [0.4, 0.5) is 4.79 Å². The maximum absolute atomic E-state index is 11.5. The maximum atomic E-state index is 11.5. The largest absolute Gasteiger partial charge is 0.444 e. The average Bonchev–Trinajstić information content (AvgIpc) is 2.72. The van der Waals surface area contributed by atoms with Crippen molar-refractivity contribution < 1.29 is 9.53 Å². The molecule has 6 nitrogen and oxygen atoms in total. The van der Waals surface area contributed by atoms with Crippen LogP contribution in [0.1, 0.15) is 53.1 Å². The van der Waals surface area contributed by atoms with Gasteiger partial charge in [-0.25, -0.2) is 4.79 Å². The molecule has 0 aliphatic heterocycles. The first-order valence-corrected chi connectivity index (χ1v) is 6.76. The molecule has 1 aromatic rings. The zero-order chi connectivity index (χ0) is 15.6. The average molecular weight is 282 g/mol. The fourth-order valence-electron chi connectivity index (χ4n) is 1.52. The minimum atomic E-state index is -0.509. The van der Waals surface area contributed by atoms with Gasteiger partial charge in [-0.3, -0.25) is 4.68 Å². The molecule has 0 aliphatic rings. The Morgan fingerprint density at radius 1 is 1.40 bits per heavy atom. The van der Waals surface area contributed by atoms with Crippen LogP contribution in [0.15, 0.2) is 12.4 Å². The molecule has 0 bridgehead atoms. The molecular formula is C14H26N4O2. The van der Waals surface area contributed by atoms with Crippen LogP contribution in [0, 0.1) is 0 Å². The van der Waals surface area contributed by atoms with Crippen LogP contribution < -0.4 is 11.1 Å². The minimum absolute atomic E-state index is 0.0867. The summed E-state index contributed by atoms with van der Waals surface area (Å²) in [5, 5.41) is 6.95. The first-order valence-electron chi connectivity index (χ1n) is 6.76. The lowest BCUT2D eigenvalue weighted by Gasteiger charge is -2.21. The Hall–Kier alpha value is -1.56. The predicted octanol–water partition coefficient (Wildman–Crippen LogP) is 2.16. The van der Waals surface area contributed by atoms with Crippen molar-refractivity contribution >= 4 is 6.09 Å². The van der Waals surface area contributed by atoms with E-state index in [9.17, 15) is 4.79 Å². The van der Waals surface area contributed by atoms with Crippen molar-refractivity contribution in [1.82, 2.24) is 15.1 Å². The molecule has 20 heavy (non-hydrogen) atoms. The van der Waals surface area contributed by atoms with Gasteiger partial charge in [0.15, 0.2) is 0 Å². The number of carbonyl (C=O) groups excluding carboxylic acids is 1. The Morgan fingerprint density at radius 3 is 2.45 bits per heavy atom. The zero-order valence-electron chi connectivity index (χ0n) is 13.2. The van der Waals surface area contributed by atoms with Crippen molar-refractivity contribution in [2.24, 2.45) is 5.73 Å². The number of nitrogens with two attached hydrogens (primary N) is 1. The molecule has 0 aliphatic carbocycles. The Kier molecular flexibility index (Phi) is 4.81. The van der Waals surface area contributed by atoms with Gasteiger partial charge in [0, 0.05) is 18.3 Å². The van der Waals surface area contributed by atoms with Crippen LogP contribution in [-0.4, -0.2) is 28.0 Å². The first kappa shape index (κ1) is 16.5. The van der Waals surface area contributed by atoms with Gasteiger partial charge in [-0.15, -0.1) is 0 Å². The number of nitrogens with one attached hydrogen (secondary N) is 1. The van der Waals surface area contributed by atoms with Gasteiger partial charge >= 0.3 is 6.09 Å². The summed E-state index contributed by atoms with van der Waals surface area (Å²) in [6.07, 6.45) is 3.17. The second kappa shape index (κ2) is 5.83. The lowest BCUT2D eigenvalue weighted by molar-refractivity contribution is 0.0524. The summed E-state index contributed by atoms with van der Waals surface area (Å²) in [5.41, 5.74) is 6.33. The Bertz CT molecular complexity index is 454. The fraction of sp³-hybridized carbons (Fsp3) is 0.714. The van der Waals surface area contributed by atoms with E-state index in [1.807, 2.05) is 31.6 Å². The van der Waals surface area contributed by atoms with Crippen LogP contribution >= 0.6 is 0 Å². The number of amides is 1. The predicted molar refractivity (Wildman–Crippen MR) is 78.4 cm³/mol. The van der Waals surface area contributed by atoms with E-state index in [-0.39, 0.29) is 11.6 Å². The van der Waals surface area contributed by atoms with Gasteiger partial charge in [-0.2, -0.15) is 5.10 Å². The molecule has 1 unspecified atom stereocenters. The minimum Gasteiger partial charge on any atom is -0.444 e. The molecule has 1 atom stereocenters. The molecule has 0 aromatic carbocycles. The van der Waals surface area contributed by atoms with Gasteiger partial charge in [0.05, 0.1) is 17.8 Å². The molecule has 1 heterocycles. The molecule has 1 rings (SSSR count). The van der Waals surface area contributed by atoms with Crippen molar-refractivity contribution in [1.29, 1.82) is 0 Å². The molecule has 3 N–H and O–H groups in total. The first-order chi connectivity index (χ1) is 8.99. The quantitative estimate of drug-likeness (QED) is 0.890. The molecule has 0 saturated carbocycles. The molecule has 0 radical (unpaired) electrons. The van der Waals surface area contributed by atoms with Crippen molar-refractivity contribution in [2.45, 2.75) is 58.7 Å². The van der Waals surface area contributed by atoms with E-state index < -0.39 is 11.7 Å². The summed E-state index contributed by atoms with van der Waals surface area (Å²) in [5.74, 6) is 0. The Morgan fingerprint density at radius 2 is 2.00 bits per heavy atom. The second-order valence-electron chi connectivity index (χ2n) is 6.88. The van der Waals surface area contributed by atoms with Crippen LogP contribution in [0.5, 0.6) is 0 Å². The van der Waals surface area contributed by atoms with Gasteiger partial charge in [0.1, 0.15) is 5.60 Å². The highest BCUT2D eigenvalue weighted by Gasteiger charge is 2.19.